The molecule has 1 aliphatic heterocycles. The van der Waals surface area contributed by atoms with Gasteiger partial charge in [0.2, 0.25) is 0 Å². The number of hydrogen-bond donors (Lipinski definition) is 2. The Kier molecular flexibility index (Phi) is 3.71. The van der Waals surface area contributed by atoms with E-state index in [2.05, 4.69) is 0 Å². The predicted octanol–water partition coefficient (Wildman–Crippen LogP) is -1.87. The summed E-state index contributed by atoms with van der Waals surface area (Å²) < 4.78 is 9.98. The molecule has 72 valence electrons. The van der Waals surface area contributed by atoms with Gasteiger partial charge in [-0.3, -0.25) is 4.79 Å². The van der Waals surface area contributed by atoms with Gasteiger partial charge < -0.3 is 20.3 Å². The van der Waals surface area contributed by atoms with Crippen LogP contribution in [0.3, 0.4) is 0 Å². The lowest BCUT2D eigenvalue weighted by atomic mass is 9.96. The van der Waals surface area contributed by atoms with Crippen molar-refractivity contribution in [2.75, 3.05) is 13.2 Å². The molecule has 0 aromatic carbocycles. The molecule has 2 radical (unpaired) electrons. The summed E-state index contributed by atoms with van der Waals surface area (Å²) in [5.74, 6) is -0.513. The first-order valence-electron chi connectivity index (χ1n) is 4.08. The summed E-state index contributed by atoms with van der Waals surface area (Å²) in [5.41, 5.74) is 5.06. The van der Waals surface area contributed by atoms with Gasteiger partial charge in [0, 0.05) is 12.4 Å². The quantitative estimate of drug-likeness (QED) is 0.397. The monoisotopic (exact) mass is 185 g/mol. The Morgan fingerprint density at radius 1 is 1.77 bits per heavy atom. The minimum atomic E-state index is -0.523. The van der Waals surface area contributed by atoms with E-state index in [4.69, 9.17) is 28.2 Å². The van der Waals surface area contributed by atoms with Crippen LogP contribution in [0.4, 0.5) is 0 Å². The van der Waals surface area contributed by atoms with E-state index in [1.807, 2.05) is 0 Å². The van der Waals surface area contributed by atoms with E-state index in [0.29, 0.717) is 6.42 Å². The minimum Gasteiger partial charge on any atom is -0.458 e. The Labute approximate surface area is 77.6 Å². The normalized spacial score (nSPS) is 33.2. The third kappa shape index (κ3) is 2.68. The van der Waals surface area contributed by atoms with Gasteiger partial charge in [0.25, 0.3) is 0 Å². The molecule has 0 amide bonds. The van der Waals surface area contributed by atoms with Crippen LogP contribution in [0, 0.1) is 0 Å². The van der Waals surface area contributed by atoms with Crippen LogP contribution in [0.15, 0.2) is 0 Å². The van der Waals surface area contributed by atoms with Gasteiger partial charge in [0.05, 0.1) is 13.2 Å². The summed E-state index contributed by atoms with van der Waals surface area (Å²) in [6, 6.07) is -0.479. The number of nitrogens with two attached hydrogens (primary N) is 1. The minimum absolute atomic E-state index is 0.177. The van der Waals surface area contributed by atoms with Crippen molar-refractivity contribution < 1.29 is 19.4 Å². The predicted molar refractivity (Wildman–Crippen MR) is 45.1 cm³/mol. The zero-order valence-electron chi connectivity index (χ0n) is 7.18. The van der Waals surface area contributed by atoms with Crippen LogP contribution < -0.4 is 5.73 Å². The summed E-state index contributed by atoms with van der Waals surface area (Å²) in [6.45, 7) is -0.389. The molecule has 1 fully saturated rings. The smallest absolute Gasteiger partial charge is 0.320 e. The van der Waals surface area contributed by atoms with Gasteiger partial charge in [-0.05, 0) is 0 Å². The molecule has 3 N–H and O–H groups in total. The molecule has 0 saturated carbocycles. The first kappa shape index (κ1) is 10.5. The maximum Gasteiger partial charge on any atom is 0.320 e. The molecule has 0 aromatic rings. The molecule has 0 bridgehead atoms. The number of rotatable bonds is 3. The average Bonchev–Trinajstić information content (AvgIpc) is 2.46. The Morgan fingerprint density at radius 3 is 3.00 bits per heavy atom. The zero-order chi connectivity index (χ0) is 9.84. The summed E-state index contributed by atoms with van der Waals surface area (Å²) in [5, 5.41) is 8.84. The van der Waals surface area contributed by atoms with Gasteiger partial charge in [-0.2, -0.15) is 0 Å². The molecule has 0 aliphatic carbocycles. The van der Waals surface area contributed by atoms with Gasteiger partial charge in [-0.25, -0.2) is 0 Å². The van der Waals surface area contributed by atoms with Crippen molar-refractivity contribution in [3.05, 3.63) is 0 Å². The molecule has 1 rings (SSSR count). The Balaban J connectivity index is 2.43. The van der Waals surface area contributed by atoms with Crippen LogP contribution in [0.1, 0.15) is 6.42 Å². The molecular weight excluding hydrogens is 173 g/mol. The third-order valence-electron chi connectivity index (χ3n) is 1.86. The lowest BCUT2D eigenvalue weighted by Crippen LogP contribution is -2.32. The second kappa shape index (κ2) is 4.60. The highest BCUT2D eigenvalue weighted by Crippen LogP contribution is 2.21. The highest BCUT2D eigenvalue weighted by atomic mass is 16.6. The van der Waals surface area contributed by atoms with Crippen LogP contribution in [0.25, 0.3) is 0 Å². The van der Waals surface area contributed by atoms with Crippen LogP contribution in [0.2, 0.25) is 0 Å². The topological polar surface area (TPSA) is 81.8 Å². The molecule has 1 aliphatic rings. The number of aliphatic hydroxyl groups is 1. The van der Waals surface area contributed by atoms with E-state index in [0.717, 1.165) is 0 Å². The van der Waals surface area contributed by atoms with Crippen molar-refractivity contribution in [2.24, 2.45) is 5.73 Å². The summed E-state index contributed by atoms with van der Waals surface area (Å²) in [6.07, 6.45) is -0.599. The van der Waals surface area contributed by atoms with E-state index in [1.165, 1.54) is 0 Å². The second-order valence-corrected chi connectivity index (χ2v) is 2.86. The molecule has 13 heavy (non-hydrogen) atoms. The van der Waals surface area contributed by atoms with Crippen molar-refractivity contribution in [3.8, 4) is 0 Å². The highest BCUT2D eigenvalue weighted by Gasteiger charge is 2.34. The van der Waals surface area contributed by atoms with E-state index in [9.17, 15) is 4.79 Å². The van der Waals surface area contributed by atoms with E-state index in [-0.39, 0.29) is 13.2 Å². The molecule has 0 unspecified atom stereocenters. The fourth-order valence-corrected chi connectivity index (χ4v) is 1.25. The zero-order valence-corrected chi connectivity index (χ0v) is 7.18. The third-order valence-corrected chi connectivity index (χ3v) is 1.86. The molecule has 1 heterocycles. The summed E-state index contributed by atoms with van der Waals surface area (Å²) in [4.78, 5) is 10.8. The second-order valence-electron chi connectivity index (χ2n) is 2.86. The van der Waals surface area contributed by atoms with Crippen LogP contribution in [-0.4, -0.2) is 50.3 Å². The lowest BCUT2D eigenvalue weighted by Gasteiger charge is -2.16. The first-order chi connectivity index (χ1) is 6.17. The Hall–Kier alpha value is -0.585. The number of carbonyl (C=O) groups excluding carboxylic acids is 1. The molecular formula is C7H12BNO4. The Bertz CT molecular complexity index is 189. The first-order valence-corrected chi connectivity index (χ1v) is 4.08. The van der Waals surface area contributed by atoms with Crippen molar-refractivity contribution in [2.45, 2.75) is 24.6 Å². The fourth-order valence-electron chi connectivity index (χ4n) is 1.25. The largest absolute Gasteiger partial charge is 0.458 e. The average molecular weight is 185 g/mol. The number of ether oxygens (including phenoxy) is 2. The van der Waals surface area contributed by atoms with Gasteiger partial charge in [0.15, 0.2) is 0 Å². The van der Waals surface area contributed by atoms with E-state index in [1.54, 1.807) is 0 Å². The number of esters is 1. The number of aliphatic hydroxyl groups excluding tert-OH is 1. The van der Waals surface area contributed by atoms with Crippen LogP contribution in [0.5, 0.6) is 0 Å². The molecule has 5 nitrogen and oxygen atoms in total. The van der Waals surface area contributed by atoms with E-state index < -0.39 is 24.2 Å². The molecule has 0 aromatic heterocycles. The van der Waals surface area contributed by atoms with Crippen molar-refractivity contribution in [1.82, 2.24) is 0 Å². The Morgan fingerprint density at radius 2 is 2.46 bits per heavy atom. The maximum absolute atomic E-state index is 10.8. The molecule has 1 saturated heterocycles. The fraction of sp³-hybridized carbons (Fsp3) is 0.857. The van der Waals surface area contributed by atoms with Gasteiger partial charge >= 0.3 is 5.97 Å². The van der Waals surface area contributed by atoms with Gasteiger partial charge in [-0.15, -0.1) is 0 Å². The highest BCUT2D eigenvalue weighted by molar-refractivity contribution is 6.11. The SMILES string of the molecule is [B][C@@H]1C[C@H](OC(=O)CN)[C@H](CO)O1. The van der Waals surface area contributed by atoms with Gasteiger partial charge in [-0.1, -0.05) is 0 Å². The number of hydrogen-bond acceptors (Lipinski definition) is 5. The number of carbonyl (C=O) groups is 1. The maximum atomic E-state index is 10.8. The van der Waals surface area contributed by atoms with E-state index >= 15 is 0 Å². The molecule has 6 heteroatoms. The van der Waals surface area contributed by atoms with Crippen LogP contribution in [-0.2, 0) is 14.3 Å². The van der Waals surface area contributed by atoms with Gasteiger partial charge in [0.1, 0.15) is 20.1 Å². The summed E-state index contributed by atoms with van der Waals surface area (Å²) >= 11 is 0. The van der Waals surface area contributed by atoms with Crippen molar-refractivity contribution >= 4 is 13.8 Å². The van der Waals surface area contributed by atoms with Crippen molar-refractivity contribution in [3.63, 3.8) is 0 Å². The standard InChI is InChI=1S/C7H12BNO4/c8-6-1-4(5(3-10)12-6)13-7(11)2-9/h4-6,10H,1-3,9H2/t4-,5-,6-/m0/s1. The summed E-state index contributed by atoms with van der Waals surface area (Å²) in [7, 11) is 5.45. The molecule has 0 spiro atoms. The van der Waals surface area contributed by atoms with Crippen LogP contribution >= 0.6 is 0 Å². The lowest BCUT2D eigenvalue weighted by molar-refractivity contribution is -0.150. The van der Waals surface area contributed by atoms with Crippen molar-refractivity contribution in [1.29, 1.82) is 0 Å². The molecule has 3 atom stereocenters.